The number of nitrogen functional groups attached to an aromatic ring is 1. The van der Waals surface area contributed by atoms with Gasteiger partial charge in [-0.2, -0.15) is 0 Å². The summed E-state index contributed by atoms with van der Waals surface area (Å²) in [5.74, 6) is -2.41. The smallest absolute Gasteiger partial charge is 0.243 e. The van der Waals surface area contributed by atoms with Crippen LogP contribution >= 0.6 is 0 Å². The second kappa shape index (κ2) is 5.33. The molecule has 0 radical (unpaired) electrons. The van der Waals surface area contributed by atoms with Crippen molar-refractivity contribution in [2.45, 2.75) is 23.8 Å². The summed E-state index contributed by atoms with van der Waals surface area (Å²) < 4.78 is 52.5. The van der Waals surface area contributed by atoms with E-state index in [-0.39, 0.29) is 18.5 Å². The first-order valence-corrected chi connectivity index (χ1v) is 7.31. The van der Waals surface area contributed by atoms with Crippen molar-refractivity contribution in [2.75, 3.05) is 12.3 Å². The second-order valence-corrected chi connectivity index (χ2v) is 6.19. The zero-order valence-corrected chi connectivity index (χ0v) is 11.1. The predicted octanol–water partition coefficient (Wildman–Crippen LogP) is 0.104. The Balaban J connectivity index is 2.14. The number of hydrogen-bond acceptors (Lipinski definition) is 4. The van der Waals surface area contributed by atoms with Crippen molar-refractivity contribution in [1.82, 2.24) is 10.0 Å². The Kier molecular flexibility index (Phi) is 3.91. The molecule has 6 nitrogen and oxygen atoms in total. The molecule has 1 aliphatic heterocycles. The molecule has 1 amide bonds. The van der Waals surface area contributed by atoms with Gasteiger partial charge in [0.25, 0.3) is 0 Å². The molecule has 1 aromatic rings. The SMILES string of the molecule is Nc1cc(S(=O)(=O)NCC2CCC(=O)N2)c(F)cc1F. The van der Waals surface area contributed by atoms with Crippen LogP contribution in [-0.2, 0) is 14.8 Å². The number of amides is 1. The monoisotopic (exact) mass is 305 g/mol. The summed E-state index contributed by atoms with van der Waals surface area (Å²) in [6.45, 7) is -0.0647. The molecular formula is C11H13F2N3O3S. The normalized spacial score (nSPS) is 19.1. The van der Waals surface area contributed by atoms with Gasteiger partial charge in [-0.15, -0.1) is 0 Å². The van der Waals surface area contributed by atoms with Gasteiger partial charge in [-0.25, -0.2) is 21.9 Å². The number of benzene rings is 1. The molecule has 1 aliphatic rings. The molecule has 9 heteroatoms. The first-order chi connectivity index (χ1) is 9.29. The van der Waals surface area contributed by atoms with Crippen LogP contribution in [0.2, 0.25) is 0 Å². The van der Waals surface area contributed by atoms with E-state index in [1.54, 1.807) is 0 Å². The maximum absolute atomic E-state index is 13.5. The van der Waals surface area contributed by atoms with Gasteiger partial charge in [0.2, 0.25) is 15.9 Å². The lowest BCUT2D eigenvalue weighted by molar-refractivity contribution is -0.119. The molecule has 0 aromatic heterocycles. The number of rotatable bonds is 4. The molecule has 1 atom stereocenters. The highest BCUT2D eigenvalue weighted by atomic mass is 32.2. The van der Waals surface area contributed by atoms with Crippen LogP contribution in [0.4, 0.5) is 14.5 Å². The number of anilines is 1. The number of hydrogen-bond donors (Lipinski definition) is 3. The molecule has 0 spiro atoms. The minimum Gasteiger partial charge on any atom is -0.396 e. The Labute approximate surface area is 114 Å². The minimum absolute atomic E-state index is 0.0647. The molecule has 1 heterocycles. The molecule has 0 bridgehead atoms. The molecule has 0 aliphatic carbocycles. The molecule has 20 heavy (non-hydrogen) atoms. The second-order valence-electron chi connectivity index (χ2n) is 4.46. The van der Waals surface area contributed by atoms with E-state index < -0.39 is 32.2 Å². The van der Waals surface area contributed by atoms with Gasteiger partial charge in [0.1, 0.15) is 16.5 Å². The number of carbonyl (C=O) groups excluding carboxylic acids is 1. The van der Waals surface area contributed by atoms with E-state index in [0.717, 1.165) is 6.07 Å². The zero-order valence-electron chi connectivity index (χ0n) is 10.3. The zero-order chi connectivity index (χ0) is 14.9. The fourth-order valence-electron chi connectivity index (χ4n) is 1.87. The molecule has 4 N–H and O–H groups in total. The highest BCUT2D eigenvalue weighted by Crippen LogP contribution is 2.21. The highest BCUT2D eigenvalue weighted by molar-refractivity contribution is 7.89. The van der Waals surface area contributed by atoms with Crippen LogP contribution in [0.5, 0.6) is 0 Å². The van der Waals surface area contributed by atoms with Crippen molar-refractivity contribution in [3.63, 3.8) is 0 Å². The molecular weight excluding hydrogens is 292 g/mol. The first kappa shape index (κ1) is 14.7. The molecule has 1 unspecified atom stereocenters. The van der Waals surface area contributed by atoms with Crippen molar-refractivity contribution in [3.8, 4) is 0 Å². The van der Waals surface area contributed by atoms with Gasteiger partial charge in [-0.05, 0) is 12.5 Å². The maximum Gasteiger partial charge on any atom is 0.243 e. The summed E-state index contributed by atoms with van der Waals surface area (Å²) in [6.07, 6.45) is 0.819. The van der Waals surface area contributed by atoms with Gasteiger partial charge in [0, 0.05) is 25.1 Å². The number of halogens is 2. The molecule has 2 rings (SSSR count). The van der Waals surface area contributed by atoms with Crippen LogP contribution in [0.25, 0.3) is 0 Å². The Morgan fingerprint density at radius 3 is 2.65 bits per heavy atom. The quantitative estimate of drug-likeness (QED) is 0.687. The van der Waals surface area contributed by atoms with Crippen molar-refractivity contribution in [1.29, 1.82) is 0 Å². The number of nitrogens with one attached hydrogen (secondary N) is 2. The average molecular weight is 305 g/mol. The number of sulfonamides is 1. The third kappa shape index (κ3) is 3.05. The van der Waals surface area contributed by atoms with Crippen molar-refractivity contribution >= 4 is 21.6 Å². The van der Waals surface area contributed by atoms with Crippen LogP contribution in [0.3, 0.4) is 0 Å². The minimum atomic E-state index is -4.16. The summed E-state index contributed by atoms with van der Waals surface area (Å²) in [4.78, 5) is 10.3. The molecule has 1 fully saturated rings. The lowest BCUT2D eigenvalue weighted by Gasteiger charge is -2.12. The summed E-state index contributed by atoms with van der Waals surface area (Å²) in [5, 5.41) is 2.57. The van der Waals surface area contributed by atoms with Crippen LogP contribution < -0.4 is 15.8 Å². The summed E-state index contributed by atoms with van der Waals surface area (Å²) in [5.41, 5.74) is 4.77. The number of nitrogens with two attached hydrogens (primary N) is 1. The maximum atomic E-state index is 13.5. The van der Waals surface area contributed by atoms with Crippen molar-refractivity contribution in [3.05, 3.63) is 23.8 Å². The van der Waals surface area contributed by atoms with Crippen LogP contribution in [0.1, 0.15) is 12.8 Å². The highest BCUT2D eigenvalue weighted by Gasteiger charge is 2.25. The van der Waals surface area contributed by atoms with E-state index in [1.165, 1.54) is 0 Å². The summed E-state index contributed by atoms with van der Waals surface area (Å²) in [6, 6.07) is 0.805. The third-order valence-electron chi connectivity index (χ3n) is 2.95. The lowest BCUT2D eigenvalue weighted by Crippen LogP contribution is -2.38. The predicted molar refractivity (Wildman–Crippen MR) is 67.1 cm³/mol. The Morgan fingerprint density at radius 1 is 1.35 bits per heavy atom. The lowest BCUT2D eigenvalue weighted by atomic mass is 10.2. The van der Waals surface area contributed by atoms with Crippen LogP contribution in [-0.4, -0.2) is 26.9 Å². The topological polar surface area (TPSA) is 101 Å². The molecule has 110 valence electrons. The van der Waals surface area contributed by atoms with E-state index in [0.29, 0.717) is 18.9 Å². The van der Waals surface area contributed by atoms with E-state index in [9.17, 15) is 22.0 Å². The molecule has 1 aromatic carbocycles. The van der Waals surface area contributed by atoms with Gasteiger partial charge in [0.05, 0.1) is 5.69 Å². The Bertz CT molecular complexity index is 649. The van der Waals surface area contributed by atoms with Gasteiger partial charge in [0.15, 0.2) is 0 Å². The van der Waals surface area contributed by atoms with E-state index in [1.807, 2.05) is 0 Å². The third-order valence-corrected chi connectivity index (χ3v) is 4.38. The Hall–Kier alpha value is -1.74. The standard InChI is InChI=1S/C11H13F2N3O3S/c12-7-3-8(13)10(4-9(7)14)20(18,19)15-5-6-1-2-11(17)16-6/h3-4,6,15H,1-2,5,14H2,(H,16,17). The van der Waals surface area contributed by atoms with Crippen molar-refractivity contribution < 1.29 is 22.0 Å². The molecule has 1 saturated heterocycles. The molecule has 0 saturated carbocycles. The van der Waals surface area contributed by atoms with Gasteiger partial charge < -0.3 is 11.1 Å². The van der Waals surface area contributed by atoms with Gasteiger partial charge in [-0.1, -0.05) is 0 Å². The van der Waals surface area contributed by atoms with Gasteiger partial charge in [-0.3, -0.25) is 4.79 Å². The van der Waals surface area contributed by atoms with Crippen molar-refractivity contribution in [2.24, 2.45) is 0 Å². The first-order valence-electron chi connectivity index (χ1n) is 5.83. The van der Waals surface area contributed by atoms with E-state index in [4.69, 9.17) is 5.73 Å². The largest absolute Gasteiger partial charge is 0.396 e. The summed E-state index contributed by atoms with van der Waals surface area (Å²) in [7, 11) is -4.16. The van der Waals surface area contributed by atoms with E-state index in [2.05, 4.69) is 10.0 Å². The van der Waals surface area contributed by atoms with Crippen LogP contribution in [0.15, 0.2) is 17.0 Å². The number of carbonyl (C=O) groups is 1. The van der Waals surface area contributed by atoms with Gasteiger partial charge >= 0.3 is 0 Å². The fraction of sp³-hybridized carbons (Fsp3) is 0.364. The van der Waals surface area contributed by atoms with Crippen LogP contribution in [0, 0.1) is 11.6 Å². The average Bonchev–Trinajstić information content (AvgIpc) is 2.77. The Morgan fingerprint density at radius 2 is 2.05 bits per heavy atom. The fourth-order valence-corrected chi connectivity index (χ4v) is 3.04. The van der Waals surface area contributed by atoms with E-state index >= 15 is 0 Å². The summed E-state index contributed by atoms with van der Waals surface area (Å²) >= 11 is 0.